The van der Waals surface area contributed by atoms with Gasteiger partial charge in [0.15, 0.2) is 0 Å². The molecule has 76 valence electrons. The highest BCUT2D eigenvalue weighted by molar-refractivity contribution is 5.95. The summed E-state index contributed by atoms with van der Waals surface area (Å²) in [6.07, 6.45) is 3.20. The zero-order chi connectivity index (χ0) is 10.6. The Hall–Kier alpha value is -1.85. The number of rotatable bonds is 3. The highest BCUT2D eigenvalue weighted by Gasteiger charge is 2.29. The molecule has 1 saturated carbocycles. The highest BCUT2D eigenvalue weighted by atomic mass is 16.4. The fourth-order valence-electron chi connectivity index (χ4n) is 0.759. The maximum Gasteiger partial charge on any atom is 0.328 e. The van der Waals surface area contributed by atoms with Gasteiger partial charge in [0.05, 0.1) is 0 Å². The molecule has 0 aromatic rings. The lowest BCUT2D eigenvalue weighted by Crippen LogP contribution is -2.41. The molecule has 1 rings (SSSR count). The van der Waals surface area contributed by atoms with Crippen molar-refractivity contribution in [1.82, 2.24) is 10.9 Å². The third kappa shape index (κ3) is 3.70. The second-order valence-corrected chi connectivity index (χ2v) is 2.92. The summed E-state index contributed by atoms with van der Waals surface area (Å²) in [5.41, 5.74) is 4.26. The lowest BCUT2D eigenvalue weighted by molar-refractivity contribution is -0.131. The molecular formula is C8H10N2O4. The molecule has 1 aliphatic rings. The monoisotopic (exact) mass is 198 g/mol. The molecule has 1 fully saturated rings. The van der Waals surface area contributed by atoms with E-state index < -0.39 is 11.9 Å². The Labute approximate surface area is 79.9 Å². The number of carboxylic acid groups (broad SMARTS) is 1. The molecule has 0 radical (unpaired) electrons. The van der Waals surface area contributed by atoms with Crippen LogP contribution in [-0.4, -0.2) is 22.9 Å². The van der Waals surface area contributed by atoms with E-state index in [1.807, 2.05) is 0 Å². The van der Waals surface area contributed by atoms with E-state index >= 15 is 0 Å². The van der Waals surface area contributed by atoms with Crippen LogP contribution < -0.4 is 10.9 Å². The standard InChI is InChI=1S/C8H10N2O4/c11-6(3-4-7(12)13)9-10-8(14)5-1-2-5/h3-5H,1-2H2,(H,9,11)(H,10,14)(H,12,13)/b4-3+. The van der Waals surface area contributed by atoms with Crippen molar-refractivity contribution in [3.8, 4) is 0 Å². The van der Waals surface area contributed by atoms with Crippen molar-refractivity contribution < 1.29 is 19.5 Å². The van der Waals surface area contributed by atoms with Crippen LogP contribution in [0.25, 0.3) is 0 Å². The average molecular weight is 198 g/mol. The van der Waals surface area contributed by atoms with Crippen molar-refractivity contribution in [3.05, 3.63) is 12.2 Å². The summed E-state index contributed by atoms with van der Waals surface area (Å²) in [4.78, 5) is 31.8. The van der Waals surface area contributed by atoms with E-state index in [4.69, 9.17) is 5.11 Å². The van der Waals surface area contributed by atoms with Gasteiger partial charge in [0, 0.05) is 18.1 Å². The van der Waals surface area contributed by atoms with E-state index in [1.165, 1.54) is 0 Å². The largest absolute Gasteiger partial charge is 0.478 e. The topological polar surface area (TPSA) is 95.5 Å². The van der Waals surface area contributed by atoms with E-state index in [9.17, 15) is 14.4 Å². The zero-order valence-corrected chi connectivity index (χ0v) is 7.32. The van der Waals surface area contributed by atoms with Crippen molar-refractivity contribution >= 4 is 17.8 Å². The Morgan fingerprint density at radius 1 is 1.14 bits per heavy atom. The van der Waals surface area contributed by atoms with Crippen LogP contribution in [0.5, 0.6) is 0 Å². The summed E-state index contributed by atoms with van der Waals surface area (Å²) in [5, 5.41) is 8.18. The van der Waals surface area contributed by atoms with Crippen molar-refractivity contribution in [1.29, 1.82) is 0 Å². The Bertz CT molecular complexity index is 294. The summed E-state index contributed by atoms with van der Waals surface area (Å²) in [7, 11) is 0. The van der Waals surface area contributed by atoms with E-state index in [-0.39, 0.29) is 11.8 Å². The second-order valence-electron chi connectivity index (χ2n) is 2.92. The first kappa shape index (κ1) is 10.2. The molecule has 3 N–H and O–H groups in total. The number of carbonyl (C=O) groups excluding carboxylic acids is 2. The van der Waals surface area contributed by atoms with Crippen LogP contribution in [0.1, 0.15) is 12.8 Å². The minimum atomic E-state index is -1.21. The molecule has 0 bridgehead atoms. The van der Waals surface area contributed by atoms with Crippen LogP contribution in [0.4, 0.5) is 0 Å². The van der Waals surface area contributed by atoms with Crippen molar-refractivity contribution in [2.24, 2.45) is 5.92 Å². The minimum absolute atomic E-state index is 0.00115. The number of nitrogens with one attached hydrogen (secondary N) is 2. The minimum Gasteiger partial charge on any atom is -0.478 e. The van der Waals surface area contributed by atoms with Gasteiger partial charge < -0.3 is 5.11 Å². The third-order valence-electron chi connectivity index (χ3n) is 1.63. The van der Waals surface area contributed by atoms with E-state index in [1.54, 1.807) is 0 Å². The first-order chi connectivity index (χ1) is 6.59. The van der Waals surface area contributed by atoms with E-state index in [2.05, 4.69) is 10.9 Å². The molecule has 0 heterocycles. The summed E-state index contributed by atoms with van der Waals surface area (Å²) >= 11 is 0. The van der Waals surface area contributed by atoms with Gasteiger partial charge in [-0.15, -0.1) is 0 Å². The summed E-state index contributed by atoms with van der Waals surface area (Å²) < 4.78 is 0. The smallest absolute Gasteiger partial charge is 0.328 e. The fraction of sp³-hybridized carbons (Fsp3) is 0.375. The number of hydrazine groups is 1. The Kier molecular flexibility index (Phi) is 3.22. The predicted octanol–water partition coefficient (Wildman–Crippen LogP) is -0.815. The molecular weight excluding hydrogens is 188 g/mol. The Morgan fingerprint density at radius 3 is 2.29 bits per heavy atom. The molecule has 0 saturated heterocycles. The zero-order valence-electron chi connectivity index (χ0n) is 7.32. The van der Waals surface area contributed by atoms with Crippen molar-refractivity contribution in [2.75, 3.05) is 0 Å². The van der Waals surface area contributed by atoms with Gasteiger partial charge in [-0.05, 0) is 12.8 Å². The average Bonchev–Trinajstić information content (AvgIpc) is 2.93. The maximum absolute atomic E-state index is 11.0. The SMILES string of the molecule is O=C(O)/C=C/C(=O)NNC(=O)C1CC1. The normalized spacial score (nSPS) is 15.1. The first-order valence-electron chi connectivity index (χ1n) is 4.10. The van der Waals surface area contributed by atoms with Crippen LogP contribution in [0, 0.1) is 5.92 Å². The van der Waals surface area contributed by atoms with Crippen LogP contribution in [0.15, 0.2) is 12.2 Å². The molecule has 6 heteroatoms. The second kappa shape index (κ2) is 4.40. The molecule has 0 unspecified atom stereocenters. The quantitative estimate of drug-likeness (QED) is 0.408. The van der Waals surface area contributed by atoms with Crippen LogP contribution in [-0.2, 0) is 14.4 Å². The van der Waals surface area contributed by atoms with Gasteiger partial charge >= 0.3 is 5.97 Å². The van der Waals surface area contributed by atoms with Crippen LogP contribution in [0.3, 0.4) is 0 Å². The van der Waals surface area contributed by atoms with Gasteiger partial charge in [-0.25, -0.2) is 4.79 Å². The number of amides is 2. The summed E-state index contributed by atoms with van der Waals surface area (Å²) in [6, 6.07) is 0. The van der Waals surface area contributed by atoms with Gasteiger partial charge in [-0.1, -0.05) is 0 Å². The molecule has 6 nitrogen and oxygen atoms in total. The van der Waals surface area contributed by atoms with Crippen molar-refractivity contribution in [2.45, 2.75) is 12.8 Å². The van der Waals surface area contributed by atoms with Crippen LogP contribution in [0.2, 0.25) is 0 Å². The van der Waals surface area contributed by atoms with Crippen molar-refractivity contribution in [3.63, 3.8) is 0 Å². The molecule has 0 atom stereocenters. The lowest BCUT2D eigenvalue weighted by Gasteiger charge is -2.02. The Balaban J connectivity index is 2.20. The number of carboxylic acids is 1. The first-order valence-corrected chi connectivity index (χ1v) is 4.10. The number of hydrogen-bond donors (Lipinski definition) is 3. The number of aliphatic carboxylic acids is 1. The highest BCUT2D eigenvalue weighted by Crippen LogP contribution is 2.28. The maximum atomic E-state index is 11.0. The van der Waals surface area contributed by atoms with Gasteiger partial charge in [0.25, 0.3) is 5.91 Å². The summed E-state index contributed by atoms with van der Waals surface area (Å²) in [5.74, 6) is -2.11. The lowest BCUT2D eigenvalue weighted by atomic mass is 10.4. The molecule has 0 spiro atoms. The summed E-state index contributed by atoms with van der Waals surface area (Å²) in [6.45, 7) is 0. The van der Waals surface area contributed by atoms with Gasteiger partial charge in [-0.2, -0.15) is 0 Å². The molecule has 0 aliphatic heterocycles. The van der Waals surface area contributed by atoms with Gasteiger partial charge in [0.2, 0.25) is 5.91 Å². The molecule has 14 heavy (non-hydrogen) atoms. The molecule has 1 aliphatic carbocycles. The molecule has 2 amide bonds. The van der Waals surface area contributed by atoms with Gasteiger partial charge in [-0.3, -0.25) is 20.4 Å². The molecule has 0 aromatic carbocycles. The van der Waals surface area contributed by atoms with Crippen LogP contribution >= 0.6 is 0 Å². The van der Waals surface area contributed by atoms with E-state index in [0.717, 1.165) is 18.9 Å². The van der Waals surface area contributed by atoms with E-state index in [0.29, 0.717) is 6.08 Å². The number of hydrogen-bond acceptors (Lipinski definition) is 3. The molecule has 0 aromatic heterocycles. The predicted molar refractivity (Wildman–Crippen MR) is 45.8 cm³/mol. The number of carbonyl (C=O) groups is 3. The fourth-order valence-corrected chi connectivity index (χ4v) is 0.759. The van der Waals surface area contributed by atoms with Gasteiger partial charge in [0.1, 0.15) is 0 Å². The third-order valence-corrected chi connectivity index (χ3v) is 1.63. The Morgan fingerprint density at radius 2 is 1.79 bits per heavy atom.